The Bertz CT molecular complexity index is 554. The summed E-state index contributed by atoms with van der Waals surface area (Å²) in [5.74, 6) is 5.36. The van der Waals surface area contributed by atoms with Crippen molar-refractivity contribution in [1.29, 1.82) is 0 Å². The first-order valence-electron chi connectivity index (χ1n) is 5.77. The van der Waals surface area contributed by atoms with Gasteiger partial charge in [-0.2, -0.15) is 0 Å². The molecular formula is C14H16FN3. The van der Waals surface area contributed by atoms with Gasteiger partial charge in [0.15, 0.2) is 0 Å². The van der Waals surface area contributed by atoms with Crippen LogP contribution in [-0.2, 0) is 0 Å². The number of nitrogens with zero attached hydrogens (tertiary/aromatic N) is 1. The van der Waals surface area contributed by atoms with Crippen LogP contribution in [0, 0.1) is 19.7 Å². The van der Waals surface area contributed by atoms with E-state index in [1.165, 1.54) is 12.1 Å². The van der Waals surface area contributed by atoms with E-state index >= 15 is 0 Å². The van der Waals surface area contributed by atoms with Crippen molar-refractivity contribution >= 4 is 0 Å². The fourth-order valence-electron chi connectivity index (χ4n) is 2.07. The lowest BCUT2D eigenvalue weighted by molar-refractivity contribution is 0.600. The van der Waals surface area contributed by atoms with Gasteiger partial charge in [0, 0.05) is 11.9 Å². The summed E-state index contributed by atoms with van der Waals surface area (Å²) in [4.78, 5) is 4.24. The quantitative estimate of drug-likeness (QED) is 0.645. The molecule has 1 unspecified atom stereocenters. The summed E-state index contributed by atoms with van der Waals surface area (Å²) >= 11 is 0. The van der Waals surface area contributed by atoms with Gasteiger partial charge in [-0.1, -0.05) is 12.1 Å². The number of aromatic nitrogens is 1. The highest BCUT2D eigenvalue weighted by Gasteiger charge is 2.17. The van der Waals surface area contributed by atoms with Crippen molar-refractivity contribution in [3.63, 3.8) is 0 Å². The Morgan fingerprint density at radius 1 is 1.22 bits per heavy atom. The van der Waals surface area contributed by atoms with Gasteiger partial charge in [0.05, 0.1) is 6.04 Å². The molecule has 18 heavy (non-hydrogen) atoms. The zero-order chi connectivity index (χ0) is 13.1. The molecular weight excluding hydrogens is 229 g/mol. The molecule has 3 N–H and O–H groups in total. The Balaban J connectivity index is 2.52. The van der Waals surface area contributed by atoms with E-state index in [0.29, 0.717) is 0 Å². The van der Waals surface area contributed by atoms with Crippen molar-refractivity contribution in [3.05, 3.63) is 64.7 Å². The molecule has 0 radical (unpaired) electrons. The van der Waals surface area contributed by atoms with Crippen molar-refractivity contribution in [2.24, 2.45) is 5.84 Å². The number of nitrogens with two attached hydrogens (primary N) is 1. The Hall–Kier alpha value is -1.78. The number of halogens is 1. The molecule has 0 fully saturated rings. The SMILES string of the molecule is Cc1ccc(F)cc1C(NN)c1cccnc1C. The van der Waals surface area contributed by atoms with E-state index < -0.39 is 0 Å². The molecule has 0 spiro atoms. The molecule has 0 bridgehead atoms. The zero-order valence-corrected chi connectivity index (χ0v) is 10.4. The van der Waals surface area contributed by atoms with Crippen LogP contribution in [0.4, 0.5) is 4.39 Å². The largest absolute Gasteiger partial charge is 0.271 e. The van der Waals surface area contributed by atoms with Gasteiger partial charge in [0.1, 0.15) is 5.82 Å². The lowest BCUT2D eigenvalue weighted by Gasteiger charge is -2.20. The average Bonchev–Trinajstić information content (AvgIpc) is 2.36. The third-order valence-corrected chi connectivity index (χ3v) is 3.08. The number of benzene rings is 1. The predicted octanol–water partition coefficient (Wildman–Crippen LogP) is 2.39. The van der Waals surface area contributed by atoms with Gasteiger partial charge in [-0.05, 0) is 48.7 Å². The van der Waals surface area contributed by atoms with E-state index in [9.17, 15) is 4.39 Å². The van der Waals surface area contributed by atoms with Gasteiger partial charge in [0.25, 0.3) is 0 Å². The minimum absolute atomic E-state index is 0.255. The molecule has 0 aliphatic rings. The van der Waals surface area contributed by atoms with Crippen LogP contribution in [0.2, 0.25) is 0 Å². The third-order valence-electron chi connectivity index (χ3n) is 3.08. The molecule has 0 aliphatic heterocycles. The number of nitrogens with one attached hydrogen (secondary N) is 1. The highest BCUT2D eigenvalue weighted by Crippen LogP contribution is 2.26. The molecule has 1 heterocycles. The molecule has 2 aromatic rings. The molecule has 0 saturated heterocycles. The van der Waals surface area contributed by atoms with Gasteiger partial charge in [-0.25, -0.2) is 9.82 Å². The van der Waals surface area contributed by atoms with Crippen molar-refractivity contribution in [3.8, 4) is 0 Å². The molecule has 3 nitrogen and oxygen atoms in total. The molecule has 1 aromatic carbocycles. The Labute approximate surface area is 106 Å². The number of aryl methyl sites for hydroxylation is 2. The fraction of sp³-hybridized carbons (Fsp3) is 0.214. The molecule has 1 atom stereocenters. The van der Waals surface area contributed by atoms with E-state index in [1.54, 1.807) is 12.3 Å². The summed E-state index contributed by atoms with van der Waals surface area (Å²) in [6, 6.07) is 8.24. The summed E-state index contributed by atoms with van der Waals surface area (Å²) < 4.78 is 13.4. The molecule has 94 valence electrons. The van der Waals surface area contributed by atoms with Crippen molar-refractivity contribution in [2.75, 3.05) is 0 Å². The van der Waals surface area contributed by atoms with Crippen LogP contribution in [0.15, 0.2) is 36.5 Å². The van der Waals surface area contributed by atoms with Crippen LogP contribution < -0.4 is 11.3 Å². The monoisotopic (exact) mass is 245 g/mol. The van der Waals surface area contributed by atoms with E-state index in [-0.39, 0.29) is 11.9 Å². The Morgan fingerprint density at radius 2 is 2.00 bits per heavy atom. The maximum Gasteiger partial charge on any atom is 0.123 e. The highest BCUT2D eigenvalue weighted by molar-refractivity contribution is 5.38. The standard InChI is InChI=1S/C14H16FN3/c1-9-5-6-11(15)8-13(9)14(18-16)12-4-3-7-17-10(12)2/h3-8,14,18H,16H2,1-2H3. The summed E-state index contributed by atoms with van der Waals surface area (Å²) in [7, 11) is 0. The summed E-state index contributed by atoms with van der Waals surface area (Å²) in [6.07, 6.45) is 1.73. The van der Waals surface area contributed by atoms with Crippen LogP contribution in [-0.4, -0.2) is 4.98 Å². The van der Waals surface area contributed by atoms with Gasteiger partial charge < -0.3 is 0 Å². The zero-order valence-electron chi connectivity index (χ0n) is 10.4. The molecule has 0 aliphatic carbocycles. The molecule has 0 amide bonds. The Kier molecular flexibility index (Phi) is 3.69. The second kappa shape index (κ2) is 5.25. The van der Waals surface area contributed by atoms with Crippen LogP contribution in [0.1, 0.15) is 28.4 Å². The van der Waals surface area contributed by atoms with E-state index in [4.69, 9.17) is 5.84 Å². The maximum atomic E-state index is 13.4. The van der Waals surface area contributed by atoms with Crippen LogP contribution >= 0.6 is 0 Å². The summed E-state index contributed by atoms with van der Waals surface area (Å²) in [5.41, 5.74) is 6.38. The van der Waals surface area contributed by atoms with Gasteiger partial charge in [-0.15, -0.1) is 0 Å². The lowest BCUT2D eigenvalue weighted by atomic mass is 9.94. The third kappa shape index (κ3) is 2.39. The minimum Gasteiger partial charge on any atom is -0.271 e. The van der Waals surface area contributed by atoms with Crippen molar-refractivity contribution in [2.45, 2.75) is 19.9 Å². The second-order valence-corrected chi connectivity index (χ2v) is 4.28. The first-order chi connectivity index (χ1) is 8.63. The van der Waals surface area contributed by atoms with E-state index in [2.05, 4.69) is 10.4 Å². The first-order valence-corrected chi connectivity index (χ1v) is 5.77. The van der Waals surface area contributed by atoms with Crippen LogP contribution in [0.5, 0.6) is 0 Å². The number of hydrazine groups is 1. The molecule has 4 heteroatoms. The number of hydrogen-bond acceptors (Lipinski definition) is 3. The molecule has 1 aromatic heterocycles. The first kappa shape index (κ1) is 12.7. The lowest BCUT2D eigenvalue weighted by Crippen LogP contribution is -2.30. The average molecular weight is 245 g/mol. The number of pyridine rings is 1. The molecule has 0 saturated carbocycles. The van der Waals surface area contributed by atoms with Crippen LogP contribution in [0.3, 0.4) is 0 Å². The maximum absolute atomic E-state index is 13.4. The van der Waals surface area contributed by atoms with Gasteiger partial charge >= 0.3 is 0 Å². The topological polar surface area (TPSA) is 50.9 Å². The van der Waals surface area contributed by atoms with Gasteiger partial charge in [-0.3, -0.25) is 10.8 Å². The van der Waals surface area contributed by atoms with E-state index in [1.807, 2.05) is 26.0 Å². The normalized spacial score (nSPS) is 12.4. The van der Waals surface area contributed by atoms with Crippen molar-refractivity contribution < 1.29 is 4.39 Å². The number of rotatable bonds is 3. The van der Waals surface area contributed by atoms with E-state index in [0.717, 1.165) is 22.4 Å². The predicted molar refractivity (Wildman–Crippen MR) is 69.3 cm³/mol. The smallest absolute Gasteiger partial charge is 0.123 e. The summed E-state index contributed by atoms with van der Waals surface area (Å²) in [5, 5.41) is 0. The van der Waals surface area contributed by atoms with Gasteiger partial charge in [0.2, 0.25) is 0 Å². The minimum atomic E-state index is -0.266. The van der Waals surface area contributed by atoms with Crippen molar-refractivity contribution in [1.82, 2.24) is 10.4 Å². The van der Waals surface area contributed by atoms with Crippen LogP contribution in [0.25, 0.3) is 0 Å². The highest BCUT2D eigenvalue weighted by atomic mass is 19.1. The fourth-order valence-corrected chi connectivity index (χ4v) is 2.07. The summed E-state index contributed by atoms with van der Waals surface area (Å²) in [6.45, 7) is 3.85. The molecule has 2 rings (SSSR count). The Morgan fingerprint density at radius 3 is 2.67 bits per heavy atom. The number of hydrogen-bond donors (Lipinski definition) is 2. The second-order valence-electron chi connectivity index (χ2n) is 4.28.